The summed E-state index contributed by atoms with van der Waals surface area (Å²) in [5, 5.41) is 18.5. The summed E-state index contributed by atoms with van der Waals surface area (Å²) in [4.78, 5) is 10.8. The molecule has 0 heterocycles. The Morgan fingerprint density at radius 3 is 2.56 bits per heavy atom. The van der Waals surface area contributed by atoms with Crippen molar-refractivity contribution in [3.63, 3.8) is 0 Å². The van der Waals surface area contributed by atoms with Crippen molar-refractivity contribution < 1.29 is 19.4 Å². The third kappa shape index (κ3) is 1.50. The van der Waals surface area contributed by atoms with Crippen molar-refractivity contribution in [1.29, 1.82) is 0 Å². The number of aliphatic carboxylic acids is 1. The van der Waals surface area contributed by atoms with Crippen LogP contribution in [0.3, 0.4) is 0 Å². The van der Waals surface area contributed by atoms with Crippen LogP contribution in [0.2, 0.25) is 0 Å². The highest BCUT2D eigenvalue weighted by Gasteiger charge is 2.55. The van der Waals surface area contributed by atoms with Crippen molar-refractivity contribution in [2.75, 3.05) is 0 Å². The van der Waals surface area contributed by atoms with Crippen LogP contribution in [0.5, 0.6) is 0 Å². The summed E-state index contributed by atoms with van der Waals surface area (Å²) in [7, 11) is 0. The molecule has 1 aliphatic carbocycles. The fourth-order valence-corrected chi connectivity index (χ4v) is 2.29. The van der Waals surface area contributed by atoms with Gasteiger partial charge in [-0.15, -0.1) is 0 Å². The molecule has 2 rings (SSSR count). The maximum atomic E-state index is 13.7. The molecule has 1 saturated carbocycles. The predicted molar refractivity (Wildman–Crippen MR) is 55.7 cm³/mol. The van der Waals surface area contributed by atoms with E-state index in [1.54, 1.807) is 19.1 Å². The summed E-state index contributed by atoms with van der Waals surface area (Å²) >= 11 is 0. The lowest BCUT2D eigenvalue weighted by molar-refractivity contribution is -0.148. The lowest BCUT2D eigenvalue weighted by Crippen LogP contribution is -2.35. The average molecular weight is 224 g/mol. The van der Waals surface area contributed by atoms with Crippen LogP contribution >= 0.6 is 0 Å². The van der Waals surface area contributed by atoms with Crippen molar-refractivity contribution in [2.45, 2.75) is 31.3 Å². The van der Waals surface area contributed by atoms with E-state index in [9.17, 15) is 14.3 Å². The van der Waals surface area contributed by atoms with Crippen LogP contribution < -0.4 is 0 Å². The first kappa shape index (κ1) is 11.1. The lowest BCUT2D eigenvalue weighted by Gasteiger charge is -2.21. The van der Waals surface area contributed by atoms with E-state index in [2.05, 4.69) is 0 Å². The Bertz CT molecular complexity index is 418. The Hall–Kier alpha value is -1.42. The molecule has 0 amide bonds. The van der Waals surface area contributed by atoms with Crippen LogP contribution in [-0.4, -0.2) is 22.3 Å². The standard InChI is InChI=1S/C12H13FO3/c1-7-3-2-4-8(13)9(7)12(5-6-12)10(14)11(15)16/h2-4,10,14H,5-6H2,1H3,(H,15,16). The molecule has 16 heavy (non-hydrogen) atoms. The number of hydrogen-bond donors (Lipinski definition) is 2. The summed E-state index contributed by atoms with van der Waals surface area (Å²) in [5.41, 5.74) is 0.129. The molecule has 1 aliphatic rings. The average Bonchev–Trinajstić information content (AvgIpc) is 2.97. The van der Waals surface area contributed by atoms with Gasteiger partial charge in [-0.2, -0.15) is 0 Å². The second-order valence-electron chi connectivity index (χ2n) is 4.33. The number of aliphatic hydroxyl groups is 1. The highest BCUT2D eigenvalue weighted by atomic mass is 19.1. The lowest BCUT2D eigenvalue weighted by atomic mass is 9.86. The number of hydrogen-bond acceptors (Lipinski definition) is 2. The minimum Gasteiger partial charge on any atom is -0.479 e. The number of halogens is 1. The van der Waals surface area contributed by atoms with E-state index in [0.29, 0.717) is 24.0 Å². The van der Waals surface area contributed by atoms with Gasteiger partial charge in [-0.1, -0.05) is 12.1 Å². The predicted octanol–water partition coefficient (Wildman–Crippen LogP) is 1.61. The molecule has 4 heteroatoms. The monoisotopic (exact) mass is 224 g/mol. The molecule has 0 aliphatic heterocycles. The van der Waals surface area contributed by atoms with Crippen molar-refractivity contribution in [3.05, 3.63) is 35.1 Å². The molecule has 0 radical (unpaired) electrons. The second kappa shape index (κ2) is 3.56. The molecule has 0 spiro atoms. The van der Waals surface area contributed by atoms with Crippen LogP contribution in [-0.2, 0) is 10.2 Å². The first-order valence-corrected chi connectivity index (χ1v) is 5.15. The smallest absolute Gasteiger partial charge is 0.333 e. The molecular formula is C12H13FO3. The van der Waals surface area contributed by atoms with Gasteiger partial charge in [-0.25, -0.2) is 9.18 Å². The fraction of sp³-hybridized carbons (Fsp3) is 0.417. The van der Waals surface area contributed by atoms with E-state index in [4.69, 9.17) is 5.11 Å². The number of carboxylic acid groups (broad SMARTS) is 1. The van der Waals surface area contributed by atoms with Gasteiger partial charge in [0.25, 0.3) is 0 Å². The molecule has 0 bridgehead atoms. The number of aryl methyl sites for hydroxylation is 1. The minimum atomic E-state index is -1.52. The summed E-state index contributed by atoms with van der Waals surface area (Å²) in [5.74, 6) is -1.72. The van der Waals surface area contributed by atoms with Gasteiger partial charge >= 0.3 is 5.97 Å². The highest BCUT2D eigenvalue weighted by molar-refractivity contribution is 5.76. The fourth-order valence-electron chi connectivity index (χ4n) is 2.29. The molecule has 0 saturated heterocycles. The number of carbonyl (C=O) groups is 1. The van der Waals surface area contributed by atoms with Crippen molar-refractivity contribution in [1.82, 2.24) is 0 Å². The molecule has 0 aromatic heterocycles. The van der Waals surface area contributed by atoms with E-state index in [1.807, 2.05) is 0 Å². The van der Waals surface area contributed by atoms with Gasteiger partial charge in [0.2, 0.25) is 0 Å². The van der Waals surface area contributed by atoms with Gasteiger partial charge in [-0.3, -0.25) is 0 Å². The van der Waals surface area contributed by atoms with Gasteiger partial charge in [0.1, 0.15) is 5.82 Å². The van der Waals surface area contributed by atoms with E-state index in [1.165, 1.54) is 6.07 Å². The van der Waals surface area contributed by atoms with Gasteiger partial charge < -0.3 is 10.2 Å². The van der Waals surface area contributed by atoms with Crippen molar-refractivity contribution in [3.8, 4) is 0 Å². The zero-order valence-corrected chi connectivity index (χ0v) is 8.90. The molecule has 3 nitrogen and oxygen atoms in total. The first-order chi connectivity index (χ1) is 7.49. The summed E-state index contributed by atoms with van der Waals surface area (Å²) in [6.45, 7) is 1.73. The molecule has 1 fully saturated rings. The second-order valence-corrected chi connectivity index (χ2v) is 4.33. The molecule has 2 N–H and O–H groups in total. The molecule has 1 aromatic rings. The number of carboxylic acids is 1. The van der Waals surface area contributed by atoms with Crippen LogP contribution in [0.1, 0.15) is 24.0 Å². The largest absolute Gasteiger partial charge is 0.479 e. The maximum absolute atomic E-state index is 13.7. The zero-order chi connectivity index (χ0) is 11.9. The SMILES string of the molecule is Cc1cccc(F)c1C1(C(O)C(=O)O)CC1. The van der Waals surface area contributed by atoms with Crippen LogP contribution in [0.25, 0.3) is 0 Å². The van der Waals surface area contributed by atoms with E-state index in [0.717, 1.165) is 0 Å². The van der Waals surface area contributed by atoms with Gasteiger partial charge in [-0.05, 0) is 31.4 Å². The number of benzene rings is 1. The van der Waals surface area contributed by atoms with Crippen molar-refractivity contribution >= 4 is 5.97 Å². The Morgan fingerprint density at radius 1 is 1.50 bits per heavy atom. The molecule has 1 unspecified atom stereocenters. The topological polar surface area (TPSA) is 57.5 Å². The third-order valence-electron chi connectivity index (χ3n) is 3.27. The Kier molecular flexibility index (Phi) is 2.46. The molecule has 86 valence electrons. The van der Waals surface area contributed by atoms with E-state index < -0.39 is 23.3 Å². The van der Waals surface area contributed by atoms with Crippen LogP contribution in [0.4, 0.5) is 4.39 Å². The Labute approximate surface area is 92.5 Å². The van der Waals surface area contributed by atoms with Crippen LogP contribution in [0.15, 0.2) is 18.2 Å². The van der Waals surface area contributed by atoms with Gasteiger partial charge in [0.15, 0.2) is 6.10 Å². The van der Waals surface area contributed by atoms with Gasteiger partial charge in [0.05, 0.1) is 0 Å². The quantitative estimate of drug-likeness (QED) is 0.820. The Morgan fingerprint density at radius 2 is 2.12 bits per heavy atom. The number of rotatable bonds is 3. The third-order valence-corrected chi connectivity index (χ3v) is 3.27. The van der Waals surface area contributed by atoms with Gasteiger partial charge in [0, 0.05) is 11.0 Å². The maximum Gasteiger partial charge on any atom is 0.333 e. The number of aliphatic hydroxyl groups excluding tert-OH is 1. The molecular weight excluding hydrogens is 211 g/mol. The zero-order valence-electron chi connectivity index (χ0n) is 8.90. The van der Waals surface area contributed by atoms with E-state index >= 15 is 0 Å². The normalized spacial score (nSPS) is 19.2. The first-order valence-electron chi connectivity index (χ1n) is 5.15. The Balaban J connectivity index is 2.48. The summed E-state index contributed by atoms with van der Waals surface area (Å²) in [6, 6.07) is 4.61. The van der Waals surface area contributed by atoms with Crippen LogP contribution in [0, 0.1) is 12.7 Å². The van der Waals surface area contributed by atoms with Crippen molar-refractivity contribution in [2.24, 2.45) is 0 Å². The minimum absolute atomic E-state index is 0.352. The molecule has 1 atom stereocenters. The summed E-state index contributed by atoms with van der Waals surface area (Å²) in [6.07, 6.45) is -0.493. The summed E-state index contributed by atoms with van der Waals surface area (Å²) < 4.78 is 13.7. The van der Waals surface area contributed by atoms with E-state index in [-0.39, 0.29) is 0 Å². The highest BCUT2D eigenvalue weighted by Crippen LogP contribution is 2.52. The molecule has 1 aromatic carbocycles.